The van der Waals surface area contributed by atoms with Gasteiger partial charge in [0.1, 0.15) is 10.8 Å². The molecule has 2 heterocycles. The molecule has 3 aromatic rings. The molecule has 0 saturated heterocycles. The van der Waals surface area contributed by atoms with E-state index >= 15 is 0 Å². The van der Waals surface area contributed by atoms with Gasteiger partial charge in [-0.25, -0.2) is 4.79 Å². The molecule has 8 heteroatoms. The van der Waals surface area contributed by atoms with Crippen LogP contribution in [0.25, 0.3) is 0 Å². The molecule has 1 aromatic heterocycles. The lowest BCUT2D eigenvalue weighted by Gasteiger charge is -2.29. The number of carbonyl (C=O) groups is 3. The normalized spacial score (nSPS) is 14.5. The number of aryl methyl sites for hydroxylation is 1. The quantitative estimate of drug-likeness (QED) is 0.493. The van der Waals surface area contributed by atoms with E-state index in [1.54, 1.807) is 24.0 Å². The zero-order valence-electron chi connectivity index (χ0n) is 19.5. The molecule has 180 valence electrons. The van der Waals surface area contributed by atoms with Crippen LogP contribution in [0, 0.1) is 0 Å². The second kappa shape index (κ2) is 9.92. The number of benzene rings is 2. The number of rotatable bonds is 6. The molecule has 0 radical (unpaired) electrons. The molecule has 0 saturated carbocycles. The number of amides is 2. The molecule has 0 unspecified atom stereocenters. The number of thiophene rings is 1. The first kappa shape index (κ1) is 23.1. The average Bonchev–Trinajstić information content (AvgIpc) is 3.24. The summed E-state index contributed by atoms with van der Waals surface area (Å²) in [6, 6.07) is 14.6. The summed E-state index contributed by atoms with van der Waals surface area (Å²) in [4.78, 5) is 41.0. The van der Waals surface area contributed by atoms with E-state index in [1.165, 1.54) is 11.3 Å². The lowest BCUT2D eigenvalue weighted by molar-refractivity contribution is -0.121. The molecule has 1 aliphatic heterocycles. The molecule has 2 amide bonds. The summed E-state index contributed by atoms with van der Waals surface area (Å²) in [6.07, 6.45) is 3.86. The maximum atomic E-state index is 13.0. The average molecular weight is 491 g/mol. The van der Waals surface area contributed by atoms with Crippen LogP contribution in [0.4, 0.5) is 10.7 Å². The second-order valence-corrected chi connectivity index (χ2v) is 9.63. The predicted octanol–water partition coefficient (Wildman–Crippen LogP) is 4.98. The Morgan fingerprint density at radius 3 is 2.66 bits per heavy atom. The van der Waals surface area contributed by atoms with Crippen molar-refractivity contribution >= 4 is 39.8 Å². The van der Waals surface area contributed by atoms with Crippen molar-refractivity contribution in [3.8, 4) is 5.75 Å². The molecule has 0 atom stereocenters. The summed E-state index contributed by atoms with van der Waals surface area (Å²) in [6.45, 7) is 2.45. The van der Waals surface area contributed by atoms with E-state index in [-0.39, 0.29) is 31.0 Å². The fourth-order valence-corrected chi connectivity index (χ4v) is 5.79. The number of nitrogens with zero attached hydrogens (tertiary/aromatic N) is 1. The minimum absolute atomic E-state index is 0.00505. The number of hydrogen-bond acceptors (Lipinski definition) is 6. The maximum absolute atomic E-state index is 13.0. The molecule has 35 heavy (non-hydrogen) atoms. The van der Waals surface area contributed by atoms with Gasteiger partial charge in [0.25, 0.3) is 11.8 Å². The van der Waals surface area contributed by atoms with Crippen molar-refractivity contribution < 1.29 is 23.9 Å². The Bertz CT molecular complexity index is 1280. The van der Waals surface area contributed by atoms with Crippen LogP contribution in [0.2, 0.25) is 0 Å². The Kier molecular flexibility index (Phi) is 6.55. The first-order chi connectivity index (χ1) is 17.0. The fourth-order valence-electron chi connectivity index (χ4n) is 4.52. The third-order valence-electron chi connectivity index (χ3n) is 6.24. The molecule has 7 nitrogen and oxygen atoms in total. The second-order valence-electron chi connectivity index (χ2n) is 8.52. The van der Waals surface area contributed by atoms with Crippen molar-refractivity contribution in [1.29, 1.82) is 0 Å². The molecule has 0 fully saturated rings. The van der Waals surface area contributed by atoms with E-state index < -0.39 is 0 Å². The van der Waals surface area contributed by atoms with Crippen molar-refractivity contribution in [2.45, 2.75) is 39.2 Å². The summed E-state index contributed by atoms with van der Waals surface area (Å²) in [5.74, 6) is -0.0979. The lowest BCUT2D eigenvalue weighted by Crippen LogP contribution is -2.38. The van der Waals surface area contributed by atoms with Crippen molar-refractivity contribution in [3.63, 3.8) is 0 Å². The predicted molar refractivity (Wildman–Crippen MR) is 134 cm³/mol. The minimum atomic E-state index is -0.381. The summed E-state index contributed by atoms with van der Waals surface area (Å²) >= 11 is 1.47. The summed E-state index contributed by atoms with van der Waals surface area (Å²) in [7, 11) is 0. The first-order valence-electron chi connectivity index (χ1n) is 11.8. The van der Waals surface area contributed by atoms with E-state index in [0.29, 0.717) is 28.4 Å². The minimum Gasteiger partial charge on any atom is -0.482 e. The standard InChI is InChI=1S/C27H26N2O5S/c1-2-33-27(32)24-19-7-3-6-10-22(19)35-26(24)28-25(31)18-13-11-17(12-14-18)15-29-20-8-4-5-9-21(20)34-16-23(29)30/h4-5,8-9,11-14H,2-3,6-7,10,15-16H2,1H3,(H,28,31). The van der Waals surface area contributed by atoms with Crippen molar-refractivity contribution in [2.75, 3.05) is 23.4 Å². The number of hydrogen-bond donors (Lipinski definition) is 1. The first-order valence-corrected chi connectivity index (χ1v) is 12.6. The van der Waals surface area contributed by atoms with Gasteiger partial charge in [-0.1, -0.05) is 24.3 Å². The van der Waals surface area contributed by atoms with Crippen LogP contribution >= 0.6 is 11.3 Å². The Labute approximate surface area is 207 Å². The Hall–Kier alpha value is -3.65. The third kappa shape index (κ3) is 4.66. The Morgan fingerprint density at radius 1 is 1.09 bits per heavy atom. The lowest BCUT2D eigenvalue weighted by atomic mass is 9.95. The highest BCUT2D eigenvalue weighted by Gasteiger charge is 2.28. The monoisotopic (exact) mass is 490 g/mol. The highest BCUT2D eigenvalue weighted by Crippen LogP contribution is 2.39. The zero-order valence-corrected chi connectivity index (χ0v) is 20.3. The van der Waals surface area contributed by atoms with Gasteiger partial charge in [0.2, 0.25) is 0 Å². The van der Waals surface area contributed by atoms with Crippen LogP contribution in [0.15, 0.2) is 48.5 Å². The van der Waals surface area contributed by atoms with Gasteiger partial charge < -0.3 is 19.7 Å². The van der Waals surface area contributed by atoms with Crippen LogP contribution in [0.3, 0.4) is 0 Å². The van der Waals surface area contributed by atoms with Gasteiger partial charge in [-0.2, -0.15) is 0 Å². The molecule has 0 spiro atoms. The van der Waals surface area contributed by atoms with Gasteiger partial charge in [0, 0.05) is 10.4 Å². The molecular weight excluding hydrogens is 464 g/mol. The number of ether oxygens (including phenoxy) is 2. The van der Waals surface area contributed by atoms with E-state index in [2.05, 4.69) is 5.32 Å². The molecule has 1 aliphatic carbocycles. The summed E-state index contributed by atoms with van der Waals surface area (Å²) in [5, 5.41) is 3.50. The molecule has 5 rings (SSSR count). The van der Waals surface area contributed by atoms with Crippen LogP contribution in [-0.2, 0) is 28.9 Å². The molecule has 1 N–H and O–H groups in total. The molecule has 0 bridgehead atoms. The number of nitrogens with one attached hydrogen (secondary N) is 1. The van der Waals surface area contributed by atoms with Gasteiger partial charge in [-0.3, -0.25) is 9.59 Å². The number of para-hydroxylation sites is 2. The largest absolute Gasteiger partial charge is 0.482 e. The fraction of sp³-hybridized carbons (Fsp3) is 0.296. The highest BCUT2D eigenvalue weighted by atomic mass is 32.1. The van der Waals surface area contributed by atoms with Gasteiger partial charge in [0.15, 0.2) is 6.61 Å². The van der Waals surface area contributed by atoms with E-state index in [4.69, 9.17) is 9.47 Å². The van der Waals surface area contributed by atoms with Crippen LogP contribution in [0.5, 0.6) is 5.75 Å². The van der Waals surface area contributed by atoms with E-state index in [9.17, 15) is 14.4 Å². The van der Waals surface area contributed by atoms with Gasteiger partial charge >= 0.3 is 5.97 Å². The maximum Gasteiger partial charge on any atom is 0.341 e. The Morgan fingerprint density at radius 2 is 1.86 bits per heavy atom. The highest BCUT2D eigenvalue weighted by molar-refractivity contribution is 7.17. The third-order valence-corrected chi connectivity index (χ3v) is 7.45. The number of anilines is 2. The van der Waals surface area contributed by atoms with E-state index in [0.717, 1.165) is 47.4 Å². The van der Waals surface area contributed by atoms with Crippen LogP contribution in [0.1, 0.15) is 56.5 Å². The SMILES string of the molecule is CCOC(=O)c1c(NC(=O)c2ccc(CN3C(=O)COc4ccccc43)cc2)sc2c1CCCC2. The zero-order chi connectivity index (χ0) is 24.4. The molecule has 2 aromatic carbocycles. The van der Waals surface area contributed by atoms with E-state index in [1.807, 2.05) is 36.4 Å². The van der Waals surface area contributed by atoms with Gasteiger partial charge in [-0.05, 0) is 68.0 Å². The molecular formula is C27H26N2O5S. The van der Waals surface area contributed by atoms with Crippen molar-refractivity contribution in [1.82, 2.24) is 0 Å². The van der Waals surface area contributed by atoms with Gasteiger partial charge in [0.05, 0.1) is 24.4 Å². The number of esters is 1. The van der Waals surface area contributed by atoms with Crippen molar-refractivity contribution in [2.24, 2.45) is 0 Å². The summed E-state index contributed by atoms with van der Waals surface area (Å²) in [5.41, 5.74) is 3.62. The molecule has 2 aliphatic rings. The van der Waals surface area contributed by atoms with Crippen LogP contribution < -0.4 is 15.0 Å². The summed E-state index contributed by atoms with van der Waals surface area (Å²) < 4.78 is 10.8. The Balaban J connectivity index is 1.33. The number of fused-ring (bicyclic) bond motifs is 2. The van der Waals surface area contributed by atoms with Gasteiger partial charge in [-0.15, -0.1) is 11.3 Å². The topological polar surface area (TPSA) is 84.9 Å². The number of carbonyl (C=O) groups excluding carboxylic acids is 3. The smallest absolute Gasteiger partial charge is 0.341 e. The van der Waals surface area contributed by atoms with Crippen LogP contribution in [-0.4, -0.2) is 31.0 Å². The van der Waals surface area contributed by atoms with Crippen molar-refractivity contribution in [3.05, 3.63) is 75.7 Å².